The van der Waals surface area contributed by atoms with E-state index in [0.717, 1.165) is 62.2 Å². The predicted molar refractivity (Wildman–Crippen MR) is 112 cm³/mol. The number of nitrogens with zero attached hydrogens (tertiary/aromatic N) is 5. The Hall–Kier alpha value is -2.78. The molecule has 1 fully saturated rings. The lowest BCUT2D eigenvalue weighted by Crippen LogP contribution is -2.44. The van der Waals surface area contributed by atoms with Crippen molar-refractivity contribution in [1.82, 2.24) is 24.7 Å². The van der Waals surface area contributed by atoms with Crippen molar-refractivity contribution in [1.29, 1.82) is 0 Å². The number of hydrogen-bond acceptors (Lipinski definition) is 8. The van der Waals surface area contributed by atoms with E-state index in [1.807, 2.05) is 26.8 Å². The summed E-state index contributed by atoms with van der Waals surface area (Å²) in [6, 6.07) is 4.37. The SMILES string of the molecule is Cc1cc(-c2nsc3c(-c4c(C)noc4C)cc(N4CCOCC4C)nc23)n[nH]1. The Kier molecular flexibility index (Phi) is 4.36. The van der Waals surface area contributed by atoms with Crippen LogP contribution in [-0.4, -0.2) is 50.5 Å². The van der Waals surface area contributed by atoms with E-state index in [9.17, 15) is 0 Å². The zero-order chi connectivity index (χ0) is 20.1. The summed E-state index contributed by atoms with van der Waals surface area (Å²) in [5, 5.41) is 11.6. The standard InChI is InChI=1S/C20H22N6O2S/c1-10-7-15(23-22-10)18-19-20(29-25-18)14(17-12(3)24-28-13(17)4)8-16(21-19)26-5-6-27-9-11(26)2/h7-8,11H,5-6,9H2,1-4H3,(H,22,23). The van der Waals surface area contributed by atoms with E-state index in [2.05, 4.69) is 33.2 Å². The van der Waals surface area contributed by atoms with E-state index in [1.54, 1.807) is 0 Å². The van der Waals surface area contributed by atoms with Gasteiger partial charge in [0.15, 0.2) is 0 Å². The number of H-pyrrole nitrogens is 1. The molecule has 1 saturated heterocycles. The third-order valence-corrected chi connectivity index (χ3v) is 6.19. The average molecular weight is 411 g/mol. The van der Waals surface area contributed by atoms with Gasteiger partial charge in [0.1, 0.15) is 28.5 Å². The highest BCUT2D eigenvalue weighted by Crippen LogP contribution is 2.40. The number of aromatic nitrogens is 5. The molecule has 4 aromatic heterocycles. The summed E-state index contributed by atoms with van der Waals surface area (Å²) in [7, 11) is 0. The Morgan fingerprint density at radius 1 is 1.24 bits per heavy atom. The number of aryl methyl sites for hydroxylation is 3. The number of nitrogens with one attached hydrogen (secondary N) is 1. The highest BCUT2D eigenvalue weighted by atomic mass is 32.1. The second kappa shape index (κ2) is 6.93. The van der Waals surface area contributed by atoms with E-state index in [4.69, 9.17) is 18.6 Å². The zero-order valence-corrected chi connectivity index (χ0v) is 17.6. The first-order chi connectivity index (χ1) is 14.0. The van der Waals surface area contributed by atoms with Crippen LogP contribution in [0.2, 0.25) is 0 Å². The minimum absolute atomic E-state index is 0.244. The zero-order valence-electron chi connectivity index (χ0n) is 16.8. The molecule has 5 rings (SSSR count). The molecule has 0 spiro atoms. The molecule has 0 amide bonds. The van der Waals surface area contributed by atoms with Gasteiger partial charge in [0.05, 0.1) is 29.6 Å². The number of morpholine rings is 1. The number of hydrogen-bond donors (Lipinski definition) is 1. The van der Waals surface area contributed by atoms with Gasteiger partial charge in [-0.3, -0.25) is 5.10 Å². The monoisotopic (exact) mass is 410 g/mol. The molecule has 1 N–H and O–H groups in total. The quantitative estimate of drug-likeness (QED) is 0.548. The Morgan fingerprint density at radius 2 is 2.10 bits per heavy atom. The minimum atomic E-state index is 0.244. The lowest BCUT2D eigenvalue weighted by Gasteiger charge is -2.34. The fourth-order valence-electron chi connectivity index (χ4n) is 3.88. The molecular formula is C20H22N6O2S. The molecule has 0 bridgehead atoms. The predicted octanol–water partition coefficient (Wildman–Crippen LogP) is 3.89. The van der Waals surface area contributed by atoms with Crippen molar-refractivity contribution in [2.75, 3.05) is 24.7 Å². The van der Waals surface area contributed by atoms with Gasteiger partial charge in [-0.15, -0.1) is 0 Å². The molecule has 0 aliphatic carbocycles. The van der Waals surface area contributed by atoms with Gasteiger partial charge in [0.25, 0.3) is 0 Å². The normalized spacial score (nSPS) is 17.4. The summed E-state index contributed by atoms with van der Waals surface area (Å²) in [5.74, 6) is 1.71. The molecule has 150 valence electrons. The number of rotatable bonds is 3. The van der Waals surface area contributed by atoms with Crippen LogP contribution in [0, 0.1) is 20.8 Å². The second-order valence-electron chi connectivity index (χ2n) is 7.49. The first kappa shape index (κ1) is 18.3. The minimum Gasteiger partial charge on any atom is -0.377 e. The molecule has 1 aliphatic heterocycles. The number of anilines is 1. The molecule has 4 aromatic rings. The fourth-order valence-corrected chi connectivity index (χ4v) is 4.73. The van der Waals surface area contributed by atoms with Gasteiger partial charge in [-0.1, -0.05) is 5.16 Å². The summed E-state index contributed by atoms with van der Waals surface area (Å²) in [4.78, 5) is 7.33. The van der Waals surface area contributed by atoms with Crippen molar-refractivity contribution >= 4 is 27.6 Å². The molecule has 29 heavy (non-hydrogen) atoms. The summed E-state index contributed by atoms with van der Waals surface area (Å²) >= 11 is 1.44. The van der Waals surface area contributed by atoms with Crippen LogP contribution in [0.3, 0.4) is 0 Å². The maximum absolute atomic E-state index is 5.62. The van der Waals surface area contributed by atoms with Crippen molar-refractivity contribution < 1.29 is 9.26 Å². The number of fused-ring (bicyclic) bond motifs is 1. The van der Waals surface area contributed by atoms with Gasteiger partial charge in [-0.2, -0.15) is 9.47 Å². The highest BCUT2D eigenvalue weighted by Gasteiger charge is 2.26. The fraction of sp³-hybridized carbons (Fsp3) is 0.400. The largest absolute Gasteiger partial charge is 0.377 e. The Balaban J connectivity index is 1.77. The molecule has 0 radical (unpaired) electrons. The molecule has 0 saturated carbocycles. The van der Waals surface area contributed by atoms with E-state index in [1.165, 1.54) is 11.5 Å². The second-order valence-corrected chi connectivity index (χ2v) is 8.26. The van der Waals surface area contributed by atoms with E-state index >= 15 is 0 Å². The van der Waals surface area contributed by atoms with Crippen molar-refractivity contribution in [2.24, 2.45) is 0 Å². The van der Waals surface area contributed by atoms with Crippen molar-refractivity contribution in [3.05, 3.63) is 29.3 Å². The molecule has 1 aliphatic rings. The smallest absolute Gasteiger partial charge is 0.141 e. The van der Waals surface area contributed by atoms with E-state index in [-0.39, 0.29) is 6.04 Å². The van der Waals surface area contributed by atoms with Crippen molar-refractivity contribution in [3.63, 3.8) is 0 Å². The lowest BCUT2D eigenvalue weighted by atomic mass is 10.0. The molecule has 8 nitrogen and oxygen atoms in total. The first-order valence-corrected chi connectivity index (χ1v) is 10.4. The number of pyridine rings is 1. The van der Waals surface area contributed by atoms with Crippen LogP contribution < -0.4 is 4.90 Å². The van der Waals surface area contributed by atoms with E-state index < -0.39 is 0 Å². The van der Waals surface area contributed by atoms with Crippen LogP contribution in [-0.2, 0) is 4.74 Å². The van der Waals surface area contributed by atoms with Gasteiger partial charge in [-0.25, -0.2) is 4.98 Å². The molecular weight excluding hydrogens is 388 g/mol. The average Bonchev–Trinajstić information content (AvgIpc) is 3.40. The maximum Gasteiger partial charge on any atom is 0.141 e. The highest BCUT2D eigenvalue weighted by molar-refractivity contribution is 7.14. The van der Waals surface area contributed by atoms with Gasteiger partial charge in [0, 0.05) is 23.4 Å². The first-order valence-electron chi connectivity index (χ1n) is 9.63. The van der Waals surface area contributed by atoms with Crippen LogP contribution >= 0.6 is 11.5 Å². The molecule has 0 aromatic carbocycles. The topological polar surface area (TPSA) is 93.0 Å². The summed E-state index contributed by atoms with van der Waals surface area (Å²) in [6.45, 7) is 10.2. The molecule has 1 unspecified atom stereocenters. The lowest BCUT2D eigenvalue weighted by molar-refractivity contribution is 0.0986. The third-order valence-electron chi connectivity index (χ3n) is 5.33. The number of ether oxygens (including phenoxy) is 1. The van der Waals surface area contributed by atoms with Gasteiger partial charge >= 0.3 is 0 Å². The van der Waals surface area contributed by atoms with Crippen molar-refractivity contribution in [2.45, 2.75) is 33.7 Å². The molecule has 5 heterocycles. The Morgan fingerprint density at radius 3 is 2.79 bits per heavy atom. The van der Waals surface area contributed by atoms with Crippen LogP contribution in [0.4, 0.5) is 5.82 Å². The summed E-state index contributed by atoms with van der Waals surface area (Å²) in [5.41, 5.74) is 6.37. The van der Waals surface area contributed by atoms with Crippen molar-refractivity contribution in [3.8, 4) is 22.5 Å². The Labute approximate surface area is 172 Å². The van der Waals surface area contributed by atoms with Gasteiger partial charge < -0.3 is 14.2 Å². The number of aromatic amines is 1. The maximum atomic E-state index is 5.62. The summed E-state index contributed by atoms with van der Waals surface area (Å²) in [6.07, 6.45) is 0. The van der Waals surface area contributed by atoms with Gasteiger partial charge in [0.2, 0.25) is 0 Å². The van der Waals surface area contributed by atoms with Crippen LogP contribution in [0.15, 0.2) is 16.7 Å². The Bertz CT molecular complexity index is 1170. The van der Waals surface area contributed by atoms with Crippen LogP contribution in [0.25, 0.3) is 32.7 Å². The third kappa shape index (κ3) is 3.01. The van der Waals surface area contributed by atoms with E-state index in [0.29, 0.717) is 13.2 Å². The van der Waals surface area contributed by atoms with Crippen LogP contribution in [0.5, 0.6) is 0 Å². The van der Waals surface area contributed by atoms with Gasteiger partial charge in [-0.05, 0) is 51.4 Å². The summed E-state index contributed by atoms with van der Waals surface area (Å²) < 4.78 is 16.8. The molecule has 1 atom stereocenters. The molecule has 9 heteroatoms. The van der Waals surface area contributed by atoms with Crippen LogP contribution in [0.1, 0.15) is 24.1 Å².